The van der Waals surface area contributed by atoms with Crippen LogP contribution < -0.4 is 33.7 Å². The van der Waals surface area contributed by atoms with Crippen molar-refractivity contribution in [1.29, 1.82) is 0 Å². The van der Waals surface area contributed by atoms with Crippen molar-refractivity contribution in [1.82, 2.24) is 15.3 Å². The van der Waals surface area contributed by atoms with Crippen molar-refractivity contribution in [2.75, 3.05) is 6.61 Å². The molecule has 10 heteroatoms. The molecule has 0 radical (unpaired) electrons. The Morgan fingerprint density at radius 2 is 0.980 bits per heavy atom. The van der Waals surface area contributed by atoms with E-state index in [4.69, 9.17) is 28.4 Å². The fraction of sp³-hybridized carbons (Fsp3) is 0.125. The maximum Gasteiger partial charge on any atom is 0.412 e. The van der Waals surface area contributed by atoms with Gasteiger partial charge in [0.1, 0.15) is 48.6 Å². The third-order valence-electron chi connectivity index (χ3n) is 7.08. The fourth-order valence-corrected chi connectivity index (χ4v) is 4.53. The van der Waals surface area contributed by atoms with Crippen LogP contribution in [0.25, 0.3) is 0 Å². The number of nitrogens with zero attached hydrogens (tertiary/aromatic N) is 2. The van der Waals surface area contributed by atoms with Gasteiger partial charge in [0.25, 0.3) is 0 Å². The highest BCUT2D eigenvalue weighted by molar-refractivity contribution is 5.70. The number of carbonyl (C=O) groups excluding carboxylic acids is 1. The summed E-state index contributed by atoms with van der Waals surface area (Å²) in [6, 6.07) is 40.8. The molecule has 1 N–H and O–H groups in total. The zero-order valence-electron chi connectivity index (χ0n) is 27.3. The molecule has 0 aliphatic carbocycles. The molecule has 0 aliphatic heterocycles. The van der Waals surface area contributed by atoms with E-state index in [2.05, 4.69) is 15.3 Å². The van der Waals surface area contributed by atoms with Gasteiger partial charge in [-0.3, -0.25) is 0 Å². The van der Waals surface area contributed by atoms with E-state index in [9.17, 15) is 4.79 Å². The zero-order chi connectivity index (χ0) is 34.4. The molecule has 1 amide bonds. The van der Waals surface area contributed by atoms with Gasteiger partial charge in [-0.15, -0.1) is 0 Å². The topological polar surface area (TPSA) is 110 Å². The lowest BCUT2D eigenvalue weighted by molar-refractivity contribution is 0.188. The molecule has 6 aromatic rings. The van der Waals surface area contributed by atoms with Crippen LogP contribution in [-0.2, 0) is 13.2 Å². The fourth-order valence-electron chi connectivity index (χ4n) is 4.53. The van der Waals surface area contributed by atoms with E-state index < -0.39 is 6.09 Å². The van der Waals surface area contributed by atoms with Gasteiger partial charge in [0.15, 0.2) is 5.75 Å². The van der Waals surface area contributed by atoms with Gasteiger partial charge in [-0.2, -0.15) is 0 Å². The summed E-state index contributed by atoms with van der Waals surface area (Å²) in [5.74, 6) is 4.25. The summed E-state index contributed by atoms with van der Waals surface area (Å²) < 4.78 is 34.4. The maximum absolute atomic E-state index is 12.4. The molecule has 0 aliphatic rings. The first-order chi connectivity index (χ1) is 24.5. The SMILES string of the molecule is C[C@@H](COc1ccc(Oc2ccc(OCc3ccccc3)cc2)nc1)NC(=O)Oc1ccc(Oc2ccc(OCc3ccccc3)cc2)nc1. The van der Waals surface area contributed by atoms with Crippen LogP contribution >= 0.6 is 0 Å². The number of hydrogen-bond donors (Lipinski definition) is 1. The molecule has 0 unspecified atom stereocenters. The number of carbonyl (C=O) groups is 1. The molecule has 2 heterocycles. The smallest absolute Gasteiger partial charge is 0.412 e. The average molecular weight is 670 g/mol. The van der Waals surface area contributed by atoms with Crippen molar-refractivity contribution in [3.8, 4) is 46.3 Å². The molecule has 50 heavy (non-hydrogen) atoms. The number of nitrogens with one attached hydrogen (secondary N) is 1. The van der Waals surface area contributed by atoms with Crippen LogP contribution in [0, 0.1) is 0 Å². The minimum absolute atomic E-state index is 0.197. The monoisotopic (exact) mass is 669 g/mol. The summed E-state index contributed by atoms with van der Waals surface area (Å²) in [6.45, 7) is 2.97. The molecule has 1 atom stereocenters. The molecule has 0 saturated heterocycles. The number of amides is 1. The van der Waals surface area contributed by atoms with Crippen molar-refractivity contribution in [3.05, 3.63) is 157 Å². The Labute approximate surface area is 290 Å². The second-order valence-corrected chi connectivity index (χ2v) is 11.1. The quantitative estimate of drug-likeness (QED) is 0.115. The maximum atomic E-state index is 12.4. The highest BCUT2D eigenvalue weighted by Gasteiger charge is 2.12. The lowest BCUT2D eigenvalue weighted by Gasteiger charge is -2.15. The van der Waals surface area contributed by atoms with Gasteiger partial charge in [0, 0.05) is 12.1 Å². The van der Waals surface area contributed by atoms with E-state index in [1.54, 1.807) is 49.5 Å². The highest BCUT2D eigenvalue weighted by Crippen LogP contribution is 2.26. The van der Waals surface area contributed by atoms with Gasteiger partial charge >= 0.3 is 6.09 Å². The number of pyridine rings is 2. The van der Waals surface area contributed by atoms with Crippen LogP contribution in [0.4, 0.5) is 4.79 Å². The van der Waals surface area contributed by atoms with Gasteiger partial charge in [0.2, 0.25) is 11.8 Å². The van der Waals surface area contributed by atoms with Crippen molar-refractivity contribution < 1.29 is 33.2 Å². The molecule has 0 fully saturated rings. The first-order valence-electron chi connectivity index (χ1n) is 16.0. The van der Waals surface area contributed by atoms with Crippen LogP contribution in [-0.4, -0.2) is 28.7 Å². The lowest BCUT2D eigenvalue weighted by atomic mass is 10.2. The van der Waals surface area contributed by atoms with Crippen LogP contribution in [0.2, 0.25) is 0 Å². The number of benzene rings is 4. The van der Waals surface area contributed by atoms with Crippen LogP contribution in [0.1, 0.15) is 18.1 Å². The Balaban J connectivity index is 0.881. The third-order valence-corrected chi connectivity index (χ3v) is 7.08. The zero-order valence-corrected chi connectivity index (χ0v) is 27.3. The van der Waals surface area contributed by atoms with Crippen molar-refractivity contribution in [3.63, 3.8) is 0 Å². The van der Waals surface area contributed by atoms with Gasteiger partial charge in [0.05, 0.1) is 18.4 Å². The average Bonchev–Trinajstić information content (AvgIpc) is 3.15. The summed E-state index contributed by atoms with van der Waals surface area (Å²) in [4.78, 5) is 21.0. The summed E-state index contributed by atoms with van der Waals surface area (Å²) in [5, 5.41) is 2.73. The minimum atomic E-state index is -0.638. The van der Waals surface area contributed by atoms with Crippen LogP contribution in [0.15, 0.2) is 146 Å². The second-order valence-electron chi connectivity index (χ2n) is 11.1. The number of rotatable bonds is 15. The molecule has 252 valence electrons. The Morgan fingerprint density at radius 1 is 0.540 bits per heavy atom. The van der Waals surface area contributed by atoms with E-state index in [1.807, 2.05) is 97.1 Å². The second kappa shape index (κ2) is 17.0. The van der Waals surface area contributed by atoms with E-state index in [1.165, 1.54) is 6.20 Å². The number of ether oxygens (including phenoxy) is 6. The molecular weight excluding hydrogens is 634 g/mol. The molecule has 2 aromatic heterocycles. The summed E-state index contributed by atoms with van der Waals surface area (Å²) in [5.41, 5.74) is 2.19. The van der Waals surface area contributed by atoms with Crippen LogP contribution in [0.3, 0.4) is 0 Å². The van der Waals surface area contributed by atoms with Crippen molar-refractivity contribution in [2.24, 2.45) is 0 Å². The van der Waals surface area contributed by atoms with Gasteiger partial charge in [-0.25, -0.2) is 14.8 Å². The molecule has 0 bridgehead atoms. The minimum Gasteiger partial charge on any atom is -0.490 e. The molecule has 4 aromatic carbocycles. The first-order valence-corrected chi connectivity index (χ1v) is 16.0. The normalized spacial score (nSPS) is 11.1. The van der Waals surface area contributed by atoms with Gasteiger partial charge in [-0.1, -0.05) is 60.7 Å². The standard InChI is InChI=1S/C40H35N3O7/c1-29(26-45-36-20-22-38(41-24-36)48-34-16-12-32(13-17-34)46-27-30-8-4-2-5-9-30)43-40(44)50-37-21-23-39(42-25-37)49-35-18-14-33(15-19-35)47-28-31-10-6-3-7-11-31/h2-25,29H,26-28H2,1H3,(H,43,44)/t29-/m0/s1. The number of aromatic nitrogens is 2. The Kier molecular flexibility index (Phi) is 11.4. The van der Waals surface area contributed by atoms with E-state index >= 15 is 0 Å². The molecule has 0 saturated carbocycles. The summed E-state index contributed by atoms with van der Waals surface area (Å²) >= 11 is 0. The predicted molar refractivity (Wildman–Crippen MR) is 187 cm³/mol. The van der Waals surface area contributed by atoms with Crippen LogP contribution in [0.5, 0.6) is 46.3 Å². The molecule has 0 spiro atoms. The Hall–Kier alpha value is -6.55. The highest BCUT2D eigenvalue weighted by atomic mass is 16.6. The molecular formula is C40H35N3O7. The van der Waals surface area contributed by atoms with Gasteiger partial charge in [-0.05, 0) is 78.7 Å². The lowest BCUT2D eigenvalue weighted by Crippen LogP contribution is -2.38. The molecule has 6 rings (SSSR count). The third kappa shape index (κ3) is 10.5. The molecule has 10 nitrogen and oxygen atoms in total. The van der Waals surface area contributed by atoms with E-state index in [0.29, 0.717) is 42.2 Å². The largest absolute Gasteiger partial charge is 0.490 e. The van der Waals surface area contributed by atoms with E-state index in [0.717, 1.165) is 22.6 Å². The van der Waals surface area contributed by atoms with E-state index in [-0.39, 0.29) is 18.4 Å². The Morgan fingerprint density at radius 3 is 1.44 bits per heavy atom. The van der Waals surface area contributed by atoms with Crippen molar-refractivity contribution >= 4 is 6.09 Å². The number of hydrogen-bond acceptors (Lipinski definition) is 9. The summed E-state index contributed by atoms with van der Waals surface area (Å²) in [6.07, 6.45) is 2.33. The predicted octanol–water partition coefficient (Wildman–Crippen LogP) is 8.78. The van der Waals surface area contributed by atoms with Gasteiger partial charge < -0.3 is 33.7 Å². The first kappa shape index (κ1) is 33.4. The summed E-state index contributed by atoms with van der Waals surface area (Å²) in [7, 11) is 0. The van der Waals surface area contributed by atoms with Crippen molar-refractivity contribution in [2.45, 2.75) is 26.2 Å². The Bertz CT molecular complexity index is 1910.